The first-order valence-corrected chi connectivity index (χ1v) is 5.12. The minimum Gasteiger partial charge on any atom is -0.392 e. The topological polar surface area (TPSA) is 67.0 Å². The van der Waals surface area contributed by atoms with Crippen LogP contribution in [0.15, 0.2) is 23.5 Å². The van der Waals surface area contributed by atoms with E-state index in [2.05, 4.69) is 10.2 Å². The summed E-state index contributed by atoms with van der Waals surface area (Å²) in [5.74, 6) is 0.463. The molecule has 0 unspecified atom stereocenters. The number of rotatable bonds is 3. The van der Waals surface area contributed by atoms with Crippen LogP contribution in [0.3, 0.4) is 0 Å². The van der Waals surface area contributed by atoms with Gasteiger partial charge in [0.1, 0.15) is 5.65 Å². The largest absolute Gasteiger partial charge is 0.392 e. The van der Waals surface area contributed by atoms with E-state index in [9.17, 15) is 4.91 Å². The molecule has 2 aromatic heterocycles. The lowest BCUT2D eigenvalue weighted by atomic mass is 10.1. The zero-order chi connectivity index (χ0) is 11.7. The van der Waals surface area contributed by atoms with E-state index in [1.807, 2.05) is 13.8 Å². The minimum absolute atomic E-state index is 0.0660. The first-order valence-electron chi connectivity index (χ1n) is 5.12. The van der Waals surface area contributed by atoms with Gasteiger partial charge in [-0.2, -0.15) is 0 Å². The van der Waals surface area contributed by atoms with Crippen LogP contribution in [0.5, 0.6) is 0 Å². The van der Waals surface area contributed by atoms with Crippen molar-refractivity contribution < 1.29 is 5.11 Å². The van der Waals surface area contributed by atoms with Crippen molar-refractivity contribution in [2.45, 2.75) is 26.4 Å². The average molecular weight is 219 g/mol. The third-order valence-electron chi connectivity index (χ3n) is 2.50. The first-order chi connectivity index (χ1) is 7.67. The fourth-order valence-electron chi connectivity index (χ4n) is 1.67. The van der Waals surface area contributed by atoms with Gasteiger partial charge in [0, 0.05) is 6.20 Å². The van der Waals surface area contributed by atoms with Crippen LogP contribution in [0, 0.1) is 4.91 Å². The number of hydrogen-bond donors (Lipinski definition) is 1. The van der Waals surface area contributed by atoms with Crippen LogP contribution in [0.1, 0.15) is 31.0 Å². The summed E-state index contributed by atoms with van der Waals surface area (Å²) < 4.78 is 1.62. The molecule has 0 aliphatic carbocycles. The summed E-state index contributed by atoms with van der Waals surface area (Å²) in [7, 11) is 0. The van der Waals surface area contributed by atoms with Crippen molar-refractivity contribution >= 4 is 11.5 Å². The maximum absolute atomic E-state index is 10.8. The highest BCUT2D eigenvalue weighted by Crippen LogP contribution is 2.27. The van der Waals surface area contributed by atoms with Gasteiger partial charge in [-0.25, -0.2) is 4.98 Å². The Bertz CT molecular complexity index is 531. The summed E-state index contributed by atoms with van der Waals surface area (Å²) >= 11 is 0. The van der Waals surface area contributed by atoms with Gasteiger partial charge in [-0.1, -0.05) is 19.9 Å². The van der Waals surface area contributed by atoms with Crippen molar-refractivity contribution in [2.24, 2.45) is 5.18 Å². The van der Waals surface area contributed by atoms with Crippen molar-refractivity contribution in [3.8, 4) is 0 Å². The monoisotopic (exact) mass is 219 g/mol. The molecular weight excluding hydrogens is 206 g/mol. The molecule has 2 rings (SSSR count). The van der Waals surface area contributed by atoms with Gasteiger partial charge in [-0.05, 0) is 22.7 Å². The van der Waals surface area contributed by atoms with Crippen molar-refractivity contribution in [1.29, 1.82) is 0 Å². The standard InChI is InChI=1S/C11H13N3O2/c1-7(2)10-11(13-16)14-5-8(6-15)3-4-9(14)12-10/h3-5,7,15H,6H2,1-2H3. The molecule has 0 amide bonds. The molecule has 2 aromatic rings. The van der Waals surface area contributed by atoms with Gasteiger partial charge in [0.15, 0.2) is 0 Å². The van der Waals surface area contributed by atoms with E-state index in [1.54, 1.807) is 22.7 Å². The maximum Gasteiger partial charge on any atom is 0.205 e. The second-order valence-electron chi connectivity index (χ2n) is 3.99. The lowest BCUT2D eigenvalue weighted by molar-refractivity contribution is 0.281. The van der Waals surface area contributed by atoms with E-state index in [-0.39, 0.29) is 12.5 Å². The van der Waals surface area contributed by atoms with E-state index in [0.29, 0.717) is 17.2 Å². The molecule has 84 valence electrons. The number of nitroso groups, excluding NO2 is 1. The van der Waals surface area contributed by atoms with Gasteiger partial charge >= 0.3 is 0 Å². The molecule has 5 nitrogen and oxygen atoms in total. The Morgan fingerprint density at radius 1 is 1.50 bits per heavy atom. The summed E-state index contributed by atoms with van der Waals surface area (Å²) in [6.07, 6.45) is 1.69. The van der Waals surface area contributed by atoms with E-state index in [4.69, 9.17) is 5.11 Å². The zero-order valence-corrected chi connectivity index (χ0v) is 9.21. The molecule has 16 heavy (non-hydrogen) atoms. The lowest BCUT2D eigenvalue weighted by Crippen LogP contribution is -1.90. The second-order valence-corrected chi connectivity index (χ2v) is 3.99. The number of aliphatic hydroxyl groups excluding tert-OH is 1. The predicted molar refractivity (Wildman–Crippen MR) is 60.7 cm³/mol. The molecule has 0 spiro atoms. The van der Waals surface area contributed by atoms with Crippen LogP contribution in [0.4, 0.5) is 5.82 Å². The summed E-state index contributed by atoms with van der Waals surface area (Å²) in [6, 6.07) is 3.55. The van der Waals surface area contributed by atoms with E-state index < -0.39 is 0 Å². The van der Waals surface area contributed by atoms with Crippen molar-refractivity contribution in [3.63, 3.8) is 0 Å². The number of hydrogen-bond acceptors (Lipinski definition) is 4. The van der Waals surface area contributed by atoms with Crippen molar-refractivity contribution in [3.05, 3.63) is 34.5 Å². The second kappa shape index (κ2) is 4.02. The molecule has 0 atom stereocenters. The molecule has 5 heteroatoms. The Kier molecular flexibility index (Phi) is 2.70. The summed E-state index contributed by atoms with van der Waals surface area (Å²) in [5, 5.41) is 12.1. The zero-order valence-electron chi connectivity index (χ0n) is 9.21. The third kappa shape index (κ3) is 1.59. The fraction of sp³-hybridized carbons (Fsp3) is 0.364. The minimum atomic E-state index is -0.0660. The predicted octanol–water partition coefficient (Wildman–Crippen LogP) is 2.35. The first kappa shape index (κ1) is 10.8. The molecule has 0 bridgehead atoms. The normalized spacial score (nSPS) is 11.2. The Labute approximate surface area is 92.7 Å². The van der Waals surface area contributed by atoms with Gasteiger partial charge in [0.2, 0.25) is 5.82 Å². The van der Waals surface area contributed by atoms with Crippen LogP contribution < -0.4 is 0 Å². The van der Waals surface area contributed by atoms with E-state index in [0.717, 1.165) is 5.56 Å². The smallest absolute Gasteiger partial charge is 0.205 e. The number of nitrogens with zero attached hydrogens (tertiary/aromatic N) is 3. The highest BCUT2D eigenvalue weighted by Gasteiger charge is 2.15. The van der Waals surface area contributed by atoms with Crippen molar-refractivity contribution in [1.82, 2.24) is 9.38 Å². The van der Waals surface area contributed by atoms with Gasteiger partial charge < -0.3 is 5.11 Å². The highest BCUT2D eigenvalue weighted by molar-refractivity contribution is 5.53. The Morgan fingerprint density at radius 3 is 2.81 bits per heavy atom. The summed E-state index contributed by atoms with van der Waals surface area (Å²) in [4.78, 5) is 15.2. The van der Waals surface area contributed by atoms with Crippen LogP contribution in [0.2, 0.25) is 0 Å². The SMILES string of the molecule is CC(C)c1nc2ccc(CO)cn2c1N=O. The van der Waals surface area contributed by atoms with Gasteiger partial charge in [-0.3, -0.25) is 4.40 Å². The lowest BCUT2D eigenvalue weighted by Gasteiger charge is -2.00. The molecule has 0 fully saturated rings. The molecule has 1 N–H and O–H groups in total. The Balaban J connectivity index is 2.73. The van der Waals surface area contributed by atoms with Crippen LogP contribution >= 0.6 is 0 Å². The number of aliphatic hydroxyl groups is 1. The van der Waals surface area contributed by atoms with Crippen LogP contribution in [-0.2, 0) is 6.61 Å². The average Bonchev–Trinajstić information content (AvgIpc) is 2.66. The highest BCUT2D eigenvalue weighted by atomic mass is 16.3. The summed E-state index contributed by atoms with van der Waals surface area (Å²) in [5.41, 5.74) is 2.09. The fourth-order valence-corrected chi connectivity index (χ4v) is 1.67. The molecule has 0 saturated heterocycles. The molecule has 2 heterocycles. The maximum atomic E-state index is 10.8. The van der Waals surface area contributed by atoms with E-state index in [1.165, 1.54) is 0 Å². The molecule has 0 aliphatic heterocycles. The molecule has 0 radical (unpaired) electrons. The summed E-state index contributed by atoms with van der Waals surface area (Å²) in [6.45, 7) is 3.86. The number of imidazole rings is 1. The van der Waals surface area contributed by atoms with Crippen molar-refractivity contribution in [2.75, 3.05) is 0 Å². The van der Waals surface area contributed by atoms with Crippen LogP contribution in [0.25, 0.3) is 5.65 Å². The quantitative estimate of drug-likeness (QED) is 0.805. The van der Waals surface area contributed by atoms with Gasteiger partial charge in [0.05, 0.1) is 12.3 Å². The van der Waals surface area contributed by atoms with Crippen LogP contribution in [-0.4, -0.2) is 14.5 Å². The molecular formula is C11H13N3O2. The third-order valence-corrected chi connectivity index (χ3v) is 2.50. The molecule has 0 aromatic carbocycles. The van der Waals surface area contributed by atoms with E-state index >= 15 is 0 Å². The number of aromatic nitrogens is 2. The molecule has 0 saturated carbocycles. The number of pyridine rings is 1. The Morgan fingerprint density at radius 2 is 2.25 bits per heavy atom. The van der Waals surface area contributed by atoms with Gasteiger partial charge in [0.25, 0.3) is 0 Å². The Hall–Kier alpha value is -1.75. The van der Waals surface area contributed by atoms with Gasteiger partial charge in [-0.15, -0.1) is 4.91 Å². The number of fused-ring (bicyclic) bond motifs is 1. The molecule has 0 aliphatic rings.